The molecular weight excluding hydrogens is 388 g/mol. The largest absolute Gasteiger partial charge is 0.357 e. The topological polar surface area (TPSA) is 44.9 Å². The fraction of sp³-hybridized carbons (Fsp3) is 0.318. The molecule has 0 spiro atoms. The van der Waals surface area contributed by atoms with Gasteiger partial charge in [-0.2, -0.15) is 0 Å². The molecule has 4 rings (SSSR count). The number of carbonyl (C=O) groups excluding carboxylic acids is 1. The van der Waals surface area contributed by atoms with Crippen LogP contribution in [0.4, 0.5) is 0 Å². The smallest absolute Gasteiger partial charge is 0.229 e. The van der Waals surface area contributed by atoms with Gasteiger partial charge >= 0.3 is 0 Å². The monoisotopic (exact) mass is 410 g/mol. The molecule has 0 saturated heterocycles. The molecule has 3 nitrogen and oxygen atoms in total. The van der Waals surface area contributed by atoms with Crippen molar-refractivity contribution < 1.29 is 4.79 Å². The second kappa shape index (κ2) is 7.67. The third-order valence-corrected chi connectivity index (χ3v) is 5.76. The molecule has 1 aliphatic rings. The maximum atomic E-state index is 12.8. The normalized spacial score (nSPS) is 16.4. The van der Waals surface area contributed by atoms with E-state index in [9.17, 15) is 4.79 Å². The lowest BCUT2D eigenvalue weighted by Crippen LogP contribution is -2.32. The Bertz CT molecular complexity index is 917. The first-order chi connectivity index (χ1) is 12.7. The van der Waals surface area contributed by atoms with E-state index in [0.29, 0.717) is 0 Å². The quantitative estimate of drug-likeness (QED) is 0.564. The summed E-state index contributed by atoms with van der Waals surface area (Å²) in [6.45, 7) is 0.728. The van der Waals surface area contributed by atoms with E-state index in [1.54, 1.807) is 0 Å². The van der Waals surface area contributed by atoms with Crippen LogP contribution in [-0.4, -0.2) is 17.4 Å². The minimum absolute atomic E-state index is 0.0540. The van der Waals surface area contributed by atoms with E-state index in [2.05, 4.69) is 62.6 Å². The number of halogens is 1. The number of aryl methyl sites for hydroxylation is 2. The number of hydrogen-bond donors (Lipinski definition) is 2. The lowest BCUT2D eigenvalue weighted by atomic mass is 9.86. The molecule has 0 radical (unpaired) electrons. The second-order valence-electron chi connectivity index (χ2n) is 7.03. The van der Waals surface area contributed by atoms with Gasteiger partial charge < -0.3 is 10.3 Å². The number of rotatable bonds is 5. The van der Waals surface area contributed by atoms with Gasteiger partial charge in [-0.25, -0.2) is 0 Å². The number of benzene rings is 2. The predicted molar refractivity (Wildman–Crippen MR) is 109 cm³/mol. The van der Waals surface area contributed by atoms with Crippen LogP contribution in [-0.2, 0) is 17.6 Å². The summed E-state index contributed by atoms with van der Waals surface area (Å²) >= 11 is 3.56. The van der Waals surface area contributed by atoms with Crippen LogP contribution in [0.2, 0.25) is 0 Å². The summed E-state index contributed by atoms with van der Waals surface area (Å²) in [6, 6.07) is 16.7. The van der Waals surface area contributed by atoms with Crippen molar-refractivity contribution >= 4 is 32.7 Å². The van der Waals surface area contributed by atoms with Gasteiger partial charge in [-0.3, -0.25) is 4.79 Å². The van der Waals surface area contributed by atoms with E-state index in [4.69, 9.17) is 0 Å². The molecule has 1 heterocycles. The average Bonchev–Trinajstić information content (AvgIpc) is 3.04. The first-order valence-electron chi connectivity index (χ1n) is 9.34. The lowest BCUT2D eigenvalue weighted by Gasteiger charge is -2.22. The van der Waals surface area contributed by atoms with E-state index in [1.807, 2.05) is 12.1 Å². The number of fused-ring (bicyclic) bond motifs is 3. The number of carbonyl (C=O) groups is 1. The van der Waals surface area contributed by atoms with E-state index >= 15 is 0 Å². The Hall–Kier alpha value is -2.07. The van der Waals surface area contributed by atoms with Gasteiger partial charge in [0.2, 0.25) is 5.91 Å². The maximum absolute atomic E-state index is 12.8. The van der Waals surface area contributed by atoms with Crippen LogP contribution >= 0.6 is 15.9 Å². The van der Waals surface area contributed by atoms with Crippen LogP contribution in [0.25, 0.3) is 10.9 Å². The zero-order valence-corrected chi connectivity index (χ0v) is 16.3. The molecule has 134 valence electrons. The van der Waals surface area contributed by atoms with Crippen molar-refractivity contribution in [3.05, 3.63) is 69.8 Å². The molecule has 1 aromatic heterocycles. The highest BCUT2D eigenvalue weighted by molar-refractivity contribution is 9.10. The zero-order chi connectivity index (χ0) is 17.9. The van der Waals surface area contributed by atoms with Crippen molar-refractivity contribution in [2.24, 2.45) is 0 Å². The van der Waals surface area contributed by atoms with E-state index < -0.39 is 0 Å². The minimum atomic E-state index is -0.0540. The van der Waals surface area contributed by atoms with Gasteiger partial charge in [0, 0.05) is 27.6 Å². The number of aromatic nitrogens is 1. The number of amides is 1. The molecule has 1 unspecified atom stereocenters. The highest BCUT2D eigenvalue weighted by Gasteiger charge is 2.29. The number of H-pyrrole nitrogens is 1. The molecule has 0 fully saturated rings. The van der Waals surface area contributed by atoms with Crippen molar-refractivity contribution in [3.63, 3.8) is 0 Å². The van der Waals surface area contributed by atoms with Crippen molar-refractivity contribution in [1.82, 2.24) is 10.3 Å². The molecule has 0 saturated carbocycles. The summed E-state index contributed by atoms with van der Waals surface area (Å²) in [5.74, 6) is 0.103. The SMILES string of the molecule is O=C(NCCCc1ccccc1)C1CCCc2c1[nH]c1ccc(Br)cc21. The van der Waals surface area contributed by atoms with Crippen LogP contribution in [0.3, 0.4) is 0 Å². The fourth-order valence-corrected chi connectivity index (χ4v) is 4.33. The van der Waals surface area contributed by atoms with Gasteiger partial charge in [-0.15, -0.1) is 0 Å². The molecule has 0 aliphatic heterocycles. The Morgan fingerprint density at radius 2 is 2.04 bits per heavy atom. The summed E-state index contributed by atoms with van der Waals surface area (Å²) in [5.41, 5.74) is 4.88. The fourth-order valence-electron chi connectivity index (χ4n) is 3.97. The summed E-state index contributed by atoms with van der Waals surface area (Å²) in [6.07, 6.45) is 5.00. The Balaban J connectivity index is 1.42. The molecule has 26 heavy (non-hydrogen) atoms. The molecule has 0 bridgehead atoms. The van der Waals surface area contributed by atoms with Crippen LogP contribution in [0, 0.1) is 0 Å². The van der Waals surface area contributed by atoms with Crippen LogP contribution in [0.15, 0.2) is 53.0 Å². The molecule has 2 aromatic carbocycles. The number of nitrogens with one attached hydrogen (secondary N) is 2. The third kappa shape index (κ3) is 3.56. The summed E-state index contributed by atoms with van der Waals surface area (Å²) in [5, 5.41) is 4.40. The molecule has 2 N–H and O–H groups in total. The van der Waals surface area contributed by atoms with Crippen molar-refractivity contribution in [3.8, 4) is 0 Å². The molecular formula is C22H23BrN2O. The van der Waals surface area contributed by atoms with Crippen molar-refractivity contribution in [2.75, 3.05) is 6.54 Å². The molecule has 1 aliphatic carbocycles. The Morgan fingerprint density at radius 1 is 1.19 bits per heavy atom. The molecule has 3 aromatic rings. The van der Waals surface area contributed by atoms with E-state index in [0.717, 1.165) is 54.3 Å². The number of hydrogen-bond acceptors (Lipinski definition) is 1. The van der Waals surface area contributed by atoms with E-state index in [-0.39, 0.29) is 11.8 Å². The zero-order valence-electron chi connectivity index (χ0n) is 14.7. The third-order valence-electron chi connectivity index (χ3n) is 5.27. The Morgan fingerprint density at radius 3 is 2.88 bits per heavy atom. The molecule has 4 heteroatoms. The van der Waals surface area contributed by atoms with Gasteiger partial charge in [0.05, 0.1) is 5.92 Å². The highest BCUT2D eigenvalue weighted by Crippen LogP contribution is 2.37. The minimum Gasteiger partial charge on any atom is -0.357 e. The second-order valence-corrected chi connectivity index (χ2v) is 7.95. The average molecular weight is 411 g/mol. The van der Waals surface area contributed by atoms with Crippen LogP contribution in [0.5, 0.6) is 0 Å². The Labute approximate surface area is 162 Å². The molecule has 1 atom stereocenters. The standard InChI is InChI=1S/C22H23BrN2O/c23-16-11-12-20-19(14-16)17-9-4-10-18(21(17)25-20)22(26)24-13-5-8-15-6-2-1-3-7-15/h1-3,6-7,11-12,14,18,25H,4-5,8-10,13H2,(H,24,26). The summed E-state index contributed by atoms with van der Waals surface area (Å²) in [7, 11) is 0. The van der Waals surface area contributed by atoms with Gasteiger partial charge in [-0.05, 0) is 61.4 Å². The van der Waals surface area contributed by atoms with Gasteiger partial charge in [0.15, 0.2) is 0 Å². The lowest BCUT2D eigenvalue weighted by molar-refractivity contribution is -0.122. The van der Waals surface area contributed by atoms with Gasteiger partial charge in [0.1, 0.15) is 0 Å². The van der Waals surface area contributed by atoms with Crippen LogP contribution in [0.1, 0.15) is 42.0 Å². The highest BCUT2D eigenvalue weighted by atomic mass is 79.9. The first kappa shape index (κ1) is 17.3. The predicted octanol–water partition coefficient (Wildman–Crippen LogP) is 5.10. The van der Waals surface area contributed by atoms with Crippen molar-refractivity contribution in [2.45, 2.75) is 38.0 Å². The summed E-state index contributed by atoms with van der Waals surface area (Å²) in [4.78, 5) is 16.3. The van der Waals surface area contributed by atoms with Crippen molar-refractivity contribution in [1.29, 1.82) is 0 Å². The maximum Gasteiger partial charge on any atom is 0.229 e. The molecule has 1 amide bonds. The van der Waals surface area contributed by atoms with Gasteiger partial charge in [0.25, 0.3) is 0 Å². The van der Waals surface area contributed by atoms with Gasteiger partial charge in [-0.1, -0.05) is 46.3 Å². The first-order valence-corrected chi connectivity index (χ1v) is 10.1. The summed E-state index contributed by atoms with van der Waals surface area (Å²) < 4.78 is 1.08. The van der Waals surface area contributed by atoms with E-state index in [1.165, 1.54) is 16.5 Å². The Kier molecular flexibility index (Phi) is 5.11. The number of aromatic amines is 1. The van der Waals surface area contributed by atoms with Crippen LogP contribution < -0.4 is 5.32 Å².